The maximum atomic E-state index is 8.34. The number of guanidine groups is 1. The lowest BCUT2D eigenvalue weighted by Crippen LogP contribution is -2.27. The maximum Gasteiger partial charge on any atom is 0.237 e. The van der Waals surface area contributed by atoms with E-state index in [-0.39, 0.29) is 5.96 Å². The van der Waals surface area contributed by atoms with Crippen LogP contribution in [-0.4, -0.2) is 17.4 Å². The average molecular weight is 218 g/mol. The highest BCUT2D eigenvalue weighted by molar-refractivity contribution is 5.85. The van der Waals surface area contributed by atoms with Crippen molar-refractivity contribution < 1.29 is 5.21 Å². The zero-order valence-electron chi connectivity index (χ0n) is 8.96. The first kappa shape index (κ1) is 11.9. The number of hydrogen-bond donors (Lipinski definition) is 3. The van der Waals surface area contributed by atoms with Crippen LogP contribution in [0.2, 0.25) is 0 Å². The van der Waals surface area contributed by atoms with E-state index in [1.165, 1.54) is 0 Å². The van der Waals surface area contributed by atoms with Crippen molar-refractivity contribution in [3.63, 3.8) is 0 Å². The summed E-state index contributed by atoms with van der Waals surface area (Å²) in [6.45, 7) is 1.90. The zero-order valence-corrected chi connectivity index (χ0v) is 8.96. The van der Waals surface area contributed by atoms with Gasteiger partial charge in [0.2, 0.25) is 5.96 Å². The van der Waals surface area contributed by atoms with Gasteiger partial charge in [0.15, 0.2) is 0 Å². The third-order valence-corrected chi connectivity index (χ3v) is 1.74. The van der Waals surface area contributed by atoms with Crippen LogP contribution in [0.4, 0.5) is 0 Å². The molecule has 0 aliphatic heterocycles. The van der Waals surface area contributed by atoms with Crippen LogP contribution in [0.15, 0.2) is 46.1 Å². The molecule has 0 aliphatic rings. The Hall–Kier alpha value is -2.14. The molecule has 5 nitrogen and oxygen atoms in total. The molecule has 5 heteroatoms. The second-order valence-electron chi connectivity index (χ2n) is 3.14. The molecule has 1 aromatic carbocycles. The normalized spacial score (nSPS) is 13.1. The summed E-state index contributed by atoms with van der Waals surface area (Å²) in [7, 11) is 0. The quantitative estimate of drug-likeness (QED) is 0.407. The highest BCUT2D eigenvalue weighted by atomic mass is 16.5. The van der Waals surface area contributed by atoms with E-state index in [1.54, 1.807) is 11.7 Å². The molecule has 0 atom stereocenters. The smallest absolute Gasteiger partial charge is 0.237 e. The first-order chi connectivity index (χ1) is 7.72. The Morgan fingerprint density at radius 3 is 2.69 bits per heavy atom. The van der Waals surface area contributed by atoms with Gasteiger partial charge < -0.3 is 5.73 Å². The molecule has 84 valence electrons. The van der Waals surface area contributed by atoms with Crippen molar-refractivity contribution in [2.24, 2.45) is 15.9 Å². The van der Waals surface area contributed by atoms with E-state index >= 15 is 0 Å². The Morgan fingerprint density at radius 2 is 2.06 bits per heavy atom. The molecule has 0 heterocycles. The van der Waals surface area contributed by atoms with Crippen molar-refractivity contribution in [3.8, 4) is 0 Å². The molecule has 0 fully saturated rings. The summed E-state index contributed by atoms with van der Waals surface area (Å²) < 4.78 is 0. The Kier molecular flexibility index (Phi) is 4.75. The monoisotopic (exact) mass is 218 g/mol. The van der Waals surface area contributed by atoms with Gasteiger partial charge in [0.1, 0.15) is 0 Å². The van der Waals surface area contributed by atoms with Crippen LogP contribution in [0, 0.1) is 0 Å². The van der Waals surface area contributed by atoms with Crippen molar-refractivity contribution in [1.29, 1.82) is 0 Å². The van der Waals surface area contributed by atoms with Gasteiger partial charge >= 0.3 is 0 Å². The molecule has 0 saturated carbocycles. The van der Waals surface area contributed by atoms with E-state index in [2.05, 4.69) is 10.2 Å². The number of nitrogens with zero attached hydrogens (tertiary/aromatic N) is 2. The average Bonchev–Trinajstić information content (AvgIpc) is 2.30. The van der Waals surface area contributed by atoms with E-state index in [0.29, 0.717) is 0 Å². The zero-order chi connectivity index (χ0) is 11.8. The van der Waals surface area contributed by atoms with Gasteiger partial charge in [-0.05, 0) is 18.1 Å². The molecule has 0 radical (unpaired) electrons. The molecule has 0 amide bonds. The summed E-state index contributed by atoms with van der Waals surface area (Å²) in [5.41, 5.74) is 8.87. The topological polar surface area (TPSA) is 83.0 Å². The molecule has 0 spiro atoms. The molecule has 0 unspecified atom stereocenters. The van der Waals surface area contributed by atoms with Crippen LogP contribution in [0.1, 0.15) is 12.5 Å². The first-order valence-corrected chi connectivity index (χ1v) is 4.72. The van der Waals surface area contributed by atoms with E-state index in [0.717, 1.165) is 11.1 Å². The third kappa shape index (κ3) is 4.39. The second kappa shape index (κ2) is 6.36. The Morgan fingerprint density at radius 1 is 1.38 bits per heavy atom. The van der Waals surface area contributed by atoms with Gasteiger partial charge in [-0.1, -0.05) is 36.4 Å². The summed E-state index contributed by atoms with van der Waals surface area (Å²) in [4.78, 5) is 0. The van der Waals surface area contributed by atoms with Gasteiger partial charge in [-0.15, -0.1) is 5.10 Å². The van der Waals surface area contributed by atoms with E-state index in [1.807, 2.05) is 43.3 Å². The van der Waals surface area contributed by atoms with E-state index in [9.17, 15) is 0 Å². The van der Waals surface area contributed by atoms with Crippen LogP contribution in [0.5, 0.6) is 0 Å². The van der Waals surface area contributed by atoms with Crippen LogP contribution in [-0.2, 0) is 0 Å². The van der Waals surface area contributed by atoms with Crippen molar-refractivity contribution in [2.45, 2.75) is 6.92 Å². The Balaban J connectivity index is 2.66. The maximum absolute atomic E-state index is 8.34. The second-order valence-corrected chi connectivity index (χ2v) is 3.14. The first-order valence-electron chi connectivity index (χ1n) is 4.72. The van der Waals surface area contributed by atoms with Gasteiger partial charge in [0.05, 0.1) is 6.21 Å². The highest BCUT2D eigenvalue weighted by Crippen LogP contribution is 2.04. The van der Waals surface area contributed by atoms with Gasteiger partial charge in [0, 0.05) is 0 Å². The lowest BCUT2D eigenvalue weighted by atomic mass is 10.1. The molecule has 1 aromatic rings. The predicted molar refractivity (Wildman–Crippen MR) is 65.1 cm³/mol. The number of rotatable bonds is 3. The molecule has 4 N–H and O–H groups in total. The van der Waals surface area contributed by atoms with Crippen LogP contribution >= 0.6 is 0 Å². The molecule has 1 rings (SSSR count). The van der Waals surface area contributed by atoms with Gasteiger partial charge in [-0.3, -0.25) is 5.21 Å². The van der Waals surface area contributed by atoms with Crippen molar-refractivity contribution in [1.82, 2.24) is 5.48 Å². The van der Waals surface area contributed by atoms with Gasteiger partial charge in [-0.2, -0.15) is 5.10 Å². The summed E-state index contributed by atoms with van der Waals surface area (Å²) >= 11 is 0. The number of benzene rings is 1. The lowest BCUT2D eigenvalue weighted by molar-refractivity contribution is 0.232. The standard InChI is InChI=1S/C11H14N4O/c1-9(8-13-14-11(12)15-16)7-10-5-3-2-4-6-10/h2-8,16H,1H3,(H3,12,14,15)/b9-7-,13-8+. The Labute approximate surface area is 94.0 Å². The lowest BCUT2D eigenvalue weighted by Gasteiger charge is -1.94. The Bertz CT molecular complexity index is 409. The van der Waals surface area contributed by atoms with Crippen LogP contribution in [0.3, 0.4) is 0 Å². The molecule has 0 aromatic heterocycles. The van der Waals surface area contributed by atoms with E-state index in [4.69, 9.17) is 10.9 Å². The van der Waals surface area contributed by atoms with Gasteiger partial charge in [-0.25, -0.2) is 5.48 Å². The highest BCUT2D eigenvalue weighted by Gasteiger charge is 1.87. The van der Waals surface area contributed by atoms with Crippen LogP contribution in [0.25, 0.3) is 6.08 Å². The minimum absolute atomic E-state index is 0.149. The summed E-state index contributed by atoms with van der Waals surface area (Å²) in [6.07, 6.45) is 3.51. The van der Waals surface area contributed by atoms with Crippen molar-refractivity contribution >= 4 is 18.3 Å². The molecular weight excluding hydrogens is 204 g/mol. The minimum atomic E-state index is -0.149. The SMILES string of the molecule is CC(=C/c1ccccc1)/C=N/N=C(\N)NO. The van der Waals surface area contributed by atoms with Crippen molar-refractivity contribution in [3.05, 3.63) is 41.5 Å². The molecule has 16 heavy (non-hydrogen) atoms. The summed E-state index contributed by atoms with van der Waals surface area (Å²) in [6, 6.07) is 9.86. The molecule has 0 saturated heterocycles. The number of nitrogens with one attached hydrogen (secondary N) is 1. The number of allylic oxidation sites excluding steroid dienone is 1. The van der Waals surface area contributed by atoms with Crippen molar-refractivity contribution in [2.75, 3.05) is 0 Å². The number of hydrogen-bond acceptors (Lipinski definition) is 3. The minimum Gasteiger partial charge on any atom is -0.367 e. The number of nitrogens with two attached hydrogens (primary N) is 1. The van der Waals surface area contributed by atoms with E-state index < -0.39 is 0 Å². The van der Waals surface area contributed by atoms with Gasteiger partial charge in [0.25, 0.3) is 0 Å². The van der Waals surface area contributed by atoms with Crippen LogP contribution < -0.4 is 11.2 Å². The third-order valence-electron chi connectivity index (χ3n) is 1.74. The molecular formula is C11H14N4O. The summed E-state index contributed by atoms with van der Waals surface area (Å²) in [5, 5.41) is 15.5. The molecule has 0 bridgehead atoms. The largest absolute Gasteiger partial charge is 0.367 e. The molecule has 0 aliphatic carbocycles. The fraction of sp³-hybridized carbons (Fsp3) is 0.0909. The number of hydroxylamine groups is 1. The fourth-order valence-corrected chi connectivity index (χ4v) is 1.05. The fourth-order valence-electron chi connectivity index (χ4n) is 1.05. The summed E-state index contributed by atoms with van der Waals surface area (Å²) in [5.74, 6) is -0.149. The predicted octanol–water partition coefficient (Wildman–Crippen LogP) is 1.37.